The van der Waals surface area contributed by atoms with Crippen LogP contribution >= 0.6 is 11.8 Å². The minimum absolute atomic E-state index is 0.194. The summed E-state index contributed by atoms with van der Waals surface area (Å²) in [6.45, 7) is 1.81. The predicted octanol–water partition coefficient (Wildman–Crippen LogP) is 5.36. The van der Waals surface area contributed by atoms with Gasteiger partial charge in [0.25, 0.3) is 0 Å². The Morgan fingerprint density at radius 2 is 1.97 bits per heavy atom. The second kappa shape index (κ2) is 10.6. The molecule has 0 radical (unpaired) electrons. The number of aryl methyl sites for hydroxylation is 1. The highest BCUT2D eigenvalue weighted by Crippen LogP contribution is 2.36. The van der Waals surface area contributed by atoms with Crippen LogP contribution < -0.4 is 14.8 Å². The number of thioether (sulfide) groups is 1. The molecule has 0 saturated heterocycles. The van der Waals surface area contributed by atoms with Gasteiger partial charge in [-0.25, -0.2) is 4.98 Å². The average Bonchev–Trinajstić information content (AvgIpc) is 2.88. The highest BCUT2D eigenvalue weighted by atomic mass is 32.2. The van der Waals surface area contributed by atoms with Crippen molar-refractivity contribution in [2.75, 3.05) is 19.5 Å². The quantitative estimate of drug-likeness (QED) is 0.465. The Balaban J connectivity index is 1.49. The van der Waals surface area contributed by atoms with E-state index in [1.54, 1.807) is 32.4 Å². The number of aromatic nitrogens is 1. The van der Waals surface area contributed by atoms with Gasteiger partial charge in [0, 0.05) is 11.8 Å². The Hall–Kier alpha value is -3.50. The van der Waals surface area contributed by atoms with Gasteiger partial charge in [0.05, 0.1) is 30.7 Å². The summed E-state index contributed by atoms with van der Waals surface area (Å²) in [5.41, 5.74) is 4.55. The van der Waals surface area contributed by atoms with Gasteiger partial charge in [0.2, 0.25) is 5.91 Å². The molecular formula is C27H27N3O3S. The third-order valence-corrected chi connectivity index (χ3v) is 7.17. The highest BCUT2D eigenvalue weighted by Gasteiger charge is 2.25. The number of nitriles is 1. The fourth-order valence-electron chi connectivity index (χ4n) is 4.18. The zero-order valence-corrected chi connectivity index (χ0v) is 20.3. The molecule has 2 unspecified atom stereocenters. The van der Waals surface area contributed by atoms with Crippen LogP contribution in [0.4, 0.5) is 5.69 Å². The fraction of sp³-hybridized carbons (Fsp3) is 0.296. The monoisotopic (exact) mass is 473 g/mol. The van der Waals surface area contributed by atoms with Gasteiger partial charge in [0.15, 0.2) is 0 Å². The molecular weight excluding hydrogens is 446 g/mol. The Bertz CT molecular complexity index is 1220. The number of anilines is 1. The average molecular weight is 474 g/mol. The zero-order chi connectivity index (χ0) is 24.1. The summed E-state index contributed by atoms with van der Waals surface area (Å²) in [6, 6.07) is 19.9. The lowest BCUT2D eigenvalue weighted by Crippen LogP contribution is -2.23. The third-order valence-electron chi connectivity index (χ3n) is 6.07. The van der Waals surface area contributed by atoms with Crippen LogP contribution in [0.3, 0.4) is 0 Å². The second-order valence-electron chi connectivity index (χ2n) is 8.22. The number of carbonyl (C=O) groups is 1. The molecule has 2 aromatic carbocycles. The van der Waals surface area contributed by atoms with Crippen LogP contribution in [0.25, 0.3) is 0 Å². The topological polar surface area (TPSA) is 84.2 Å². The number of hydrogen-bond donors (Lipinski definition) is 1. The van der Waals surface area contributed by atoms with E-state index in [2.05, 4.69) is 35.7 Å². The summed E-state index contributed by atoms with van der Waals surface area (Å²) in [6.07, 6.45) is 2.75. The zero-order valence-electron chi connectivity index (χ0n) is 19.5. The van der Waals surface area contributed by atoms with Crippen molar-refractivity contribution in [3.8, 4) is 17.6 Å². The summed E-state index contributed by atoms with van der Waals surface area (Å²) in [4.78, 5) is 17.7. The van der Waals surface area contributed by atoms with E-state index in [4.69, 9.17) is 14.5 Å². The van der Waals surface area contributed by atoms with E-state index in [9.17, 15) is 10.1 Å². The molecule has 34 heavy (non-hydrogen) atoms. The van der Waals surface area contributed by atoms with E-state index in [-0.39, 0.29) is 5.91 Å². The minimum Gasteiger partial charge on any atom is -0.497 e. The second-order valence-corrected chi connectivity index (χ2v) is 9.55. The molecule has 0 spiro atoms. The molecule has 0 fully saturated rings. The molecule has 4 rings (SSSR count). The van der Waals surface area contributed by atoms with Crippen molar-refractivity contribution in [1.82, 2.24) is 4.98 Å². The lowest BCUT2D eigenvalue weighted by atomic mass is 9.82. The first kappa shape index (κ1) is 23.7. The van der Waals surface area contributed by atoms with Crippen LogP contribution in [0.1, 0.15) is 41.6 Å². The molecule has 6 nitrogen and oxygen atoms in total. The van der Waals surface area contributed by atoms with E-state index in [1.165, 1.54) is 17.3 Å². The lowest BCUT2D eigenvalue weighted by molar-refractivity contribution is -0.115. The van der Waals surface area contributed by atoms with Crippen LogP contribution in [-0.2, 0) is 17.6 Å². The van der Waals surface area contributed by atoms with Gasteiger partial charge in [-0.05, 0) is 61.4 Å². The van der Waals surface area contributed by atoms with Gasteiger partial charge >= 0.3 is 0 Å². The minimum atomic E-state index is -0.454. The Morgan fingerprint density at radius 3 is 2.68 bits per heavy atom. The number of amides is 1. The number of pyridine rings is 1. The highest BCUT2D eigenvalue weighted by molar-refractivity contribution is 8.00. The summed E-state index contributed by atoms with van der Waals surface area (Å²) in [7, 11) is 3.12. The van der Waals surface area contributed by atoms with Crippen molar-refractivity contribution < 1.29 is 14.3 Å². The Labute approximate surface area is 204 Å². The molecule has 1 amide bonds. The number of benzene rings is 2. The van der Waals surface area contributed by atoms with Crippen LogP contribution in [0, 0.1) is 11.3 Å². The van der Waals surface area contributed by atoms with Crippen molar-refractivity contribution in [3.63, 3.8) is 0 Å². The molecule has 1 N–H and O–H groups in total. The first-order valence-electron chi connectivity index (χ1n) is 11.2. The maximum atomic E-state index is 12.9. The van der Waals surface area contributed by atoms with Crippen LogP contribution in [0.5, 0.6) is 11.5 Å². The third kappa shape index (κ3) is 5.18. The van der Waals surface area contributed by atoms with Crippen molar-refractivity contribution in [2.24, 2.45) is 0 Å². The van der Waals surface area contributed by atoms with E-state index >= 15 is 0 Å². The molecule has 0 aliphatic heterocycles. The van der Waals surface area contributed by atoms with Gasteiger partial charge < -0.3 is 14.8 Å². The van der Waals surface area contributed by atoms with Crippen molar-refractivity contribution in [1.29, 1.82) is 5.26 Å². The van der Waals surface area contributed by atoms with Gasteiger partial charge in [-0.3, -0.25) is 4.79 Å². The molecule has 1 aliphatic carbocycles. The van der Waals surface area contributed by atoms with Crippen molar-refractivity contribution >= 4 is 23.4 Å². The normalized spacial score (nSPS) is 15.5. The van der Waals surface area contributed by atoms with E-state index in [1.807, 2.05) is 19.1 Å². The maximum absolute atomic E-state index is 12.9. The number of ether oxygens (including phenoxy) is 2. The number of hydrogen-bond acceptors (Lipinski definition) is 6. The summed E-state index contributed by atoms with van der Waals surface area (Å²) in [5.74, 6) is 1.40. The molecule has 0 bridgehead atoms. The lowest BCUT2D eigenvalue weighted by Gasteiger charge is -2.25. The molecule has 1 heterocycles. The molecule has 1 aromatic heterocycles. The van der Waals surface area contributed by atoms with Crippen LogP contribution in [0.2, 0.25) is 0 Å². The largest absolute Gasteiger partial charge is 0.497 e. The van der Waals surface area contributed by atoms with E-state index in [0.29, 0.717) is 33.7 Å². The number of nitrogens with zero attached hydrogens (tertiary/aromatic N) is 2. The molecule has 0 saturated carbocycles. The van der Waals surface area contributed by atoms with Crippen LogP contribution in [-0.4, -0.2) is 30.4 Å². The van der Waals surface area contributed by atoms with Crippen molar-refractivity contribution in [3.05, 3.63) is 77.0 Å². The van der Waals surface area contributed by atoms with Crippen LogP contribution in [0.15, 0.2) is 59.6 Å². The molecule has 174 valence electrons. The SMILES string of the molecule is COc1ccc(NC(=O)C(C)Sc2nc3c(cc2C#N)CC(c2ccccc2)CC3)c(OC)c1. The summed E-state index contributed by atoms with van der Waals surface area (Å²) < 4.78 is 10.6. The number of fused-ring (bicyclic) bond motifs is 1. The summed E-state index contributed by atoms with van der Waals surface area (Å²) in [5, 5.41) is 12.8. The molecule has 7 heteroatoms. The Kier molecular flexibility index (Phi) is 7.39. The smallest absolute Gasteiger partial charge is 0.237 e. The molecule has 1 aliphatic rings. The number of rotatable bonds is 7. The first-order chi connectivity index (χ1) is 16.5. The van der Waals surface area contributed by atoms with Gasteiger partial charge in [-0.15, -0.1) is 0 Å². The van der Waals surface area contributed by atoms with Gasteiger partial charge in [-0.2, -0.15) is 5.26 Å². The van der Waals surface area contributed by atoms with Gasteiger partial charge in [-0.1, -0.05) is 42.1 Å². The fourth-order valence-corrected chi connectivity index (χ4v) is 5.08. The predicted molar refractivity (Wildman–Crippen MR) is 134 cm³/mol. The Morgan fingerprint density at radius 1 is 1.18 bits per heavy atom. The standard InChI is InChI=1S/C27H27N3O3S/c1-17(26(31)29-24-12-10-22(32-2)15-25(24)33-3)34-27-21(16-28)14-20-13-19(9-11-23(20)30-27)18-7-5-4-6-8-18/h4-8,10,12,14-15,17,19H,9,11,13H2,1-3H3,(H,29,31). The molecule has 3 aromatic rings. The van der Waals surface area contributed by atoms with E-state index in [0.717, 1.165) is 30.5 Å². The first-order valence-corrected chi connectivity index (χ1v) is 12.1. The molecule has 2 atom stereocenters. The number of nitrogens with one attached hydrogen (secondary N) is 1. The van der Waals surface area contributed by atoms with E-state index < -0.39 is 5.25 Å². The number of methoxy groups -OCH3 is 2. The van der Waals surface area contributed by atoms with Gasteiger partial charge in [0.1, 0.15) is 22.6 Å². The maximum Gasteiger partial charge on any atom is 0.237 e. The number of carbonyl (C=O) groups excluding carboxylic acids is 1. The summed E-state index contributed by atoms with van der Waals surface area (Å²) >= 11 is 1.30. The van der Waals surface area contributed by atoms with Crippen molar-refractivity contribution in [2.45, 2.75) is 42.4 Å².